The summed E-state index contributed by atoms with van der Waals surface area (Å²) in [7, 11) is 3.24. The first-order valence-electron chi connectivity index (χ1n) is 9.47. The molecule has 2 aromatic rings. The van der Waals surface area contributed by atoms with Crippen LogP contribution >= 0.6 is 11.3 Å². The van der Waals surface area contributed by atoms with Crippen LogP contribution in [0.3, 0.4) is 0 Å². The Bertz CT molecular complexity index is 816. The number of hydrogen-bond acceptors (Lipinski definition) is 5. The number of fused-ring (bicyclic) bond motifs is 1. The topological polar surface area (TPSA) is 50.8 Å². The number of nitrogens with one attached hydrogen (secondary N) is 1. The second-order valence-corrected chi connectivity index (χ2v) is 8.27. The molecule has 1 saturated carbocycles. The number of carbonyl (C=O) groups is 1. The van der Waals surface area contributed by atoms with Gasteiger partial charge in [-0.1, -0.05) is 6.07 Å². The highest BCUT2D eigenvalue weighted by Gasteiger charge is 2.40. The maximum Gasteiger partial charge on any atom is 0.234 e. The van der Waals surface area contributed by atoms with E-state index in [1.54, 1.807) is 14.2 Å². The Labute approximate surface area is 164 Å². The zero-order valence-corrected chi connectivity index (χ0v) is 16.7. The number of carbonyl (C=O) groups excluding carboxylic acids is 1. The van der Waals surface area contributed by atoms with Crippen molar-refractivity contribution in [1.29, 1.82) is 0 Å². The van der Waals surface area contributed by atoms with Crippen LogP contribution in [0.1, 0.15) is 34.9 Å². The van der Waals surface area contributed by atoms with Crippen molar-refractivity contribution >= 4 is 17.2 Å². The highest BCUT2D eigenvalue weighted by Crippen LogP contribution is 2.48. The lowest BCUT2D eigenvalue weighted by atomic mass is 9.96. The van der Waals surface area contributed by atoms with E-state index in [2.05, 4.69) is 21.7 Å². The van der Waals surface area contributed by atoms with Crippen molar-refractivity contribution < 1.29 is 14.3 Å². The van der Waals surface area contributed by atoms with Crippen molar-refractivity contribution in [1.82, 2.24) is 10.2 Å². The molecule has 1 N–H and O–H groups in total. The van der Waals surface area contributed by atoms with Crippen molar-refractivity contribution in [3.05, 3.63) is 45.6 Å². The minimum Gasteiger partial charge on any atom is -0.493 e. The van der Waals surface area contributed by atoms with Gasteiger partial charge >= 0.3 is 0 Å². The molecule has 1 atom stereocenters. The Morgan fingerprint density at radius 2 is 2.04 bits per heavy atom. The summed E-state index contributed by atoms with van der Waals surface area (Å²) in [6.45, 7) is 1.92. The minimum absolute atomic E-state index is 0.0779. The number of amides is 1. The van der Waals surface area contributed by atoms with Gasteiger partial charge in [-0.3, -0.25) is 9.69 Å². The van der Waals surface area contributed by atoms with Gasteiger partial charge in [-0.25, -0.2) is 0 Å². The number of ether oxygens (including phenoxy) is 2. The molecule has 6 heteroatoms. The lowest BCUT2D eigenvalue weighted by Crippen LogP contribution is -2.42. The fourth-order valence-corrected chi connectivity index (χ4v) is 4.88. The predicted octanol–water partition coefficient (Wildman–Crippen LogP) is 3.39. The first-order valence-corrected chi connectivity index (χ1v) is 10.4. The molecule has 5 nitrogen and oxygen atoms in total. The second kappa shape index (κ2) is 7.90. The molecule has 144 valence electrons. The number of thiophene rings is 1. The van der Waals surface area contributed by atoms with Crippen LogP contribution in [0.5, 0.6) is 11.5 Å². The van der Waals surface area contributed by atoms with Crippen LogP contribution in [-0.2, 0) is 17.8 Å². The maximum atomic E-state index is 12.6. The van der Waals surface area contributed by atoms with Crippen molar-refractivity contribution in [3.63, 3.8) is 0 Å². The van der Waals surface area contributed by atoms with Gasteiger partial charge in [0.2, 0.25) is 5.91 Å². The first-order chi connectivity index (χ1) is 13.2. The zero-order chi connectivity index (χ0) is 18.8. The molecule has 0 radical (unpaired) electrons. The third-order valence-electron chi connectivity index (χ3n) is 5.47. The van der Waals surface area contributed by atoms with E-state index in [-0.39, 0.29) is 5.91 Å². The van der Waals surface area contributed by atoms with E-state index in [4.69, 9.17) is 9.47 Å². The average Bonchev–Trinajstić information content (AvgIpc) is 3.41. The van der Waals surface area contributed by atoms with Crippen molar-refractivity contribution in [3.8, 4) is 11.5 Å². The zero-order valence-electron chi connectivity index (χ0n) is 15.9. The summed E-state index contributed by atoms with van der Waals surface area (Å²) in [5.74, 6) is 2.17. The molecule has 2 heterocycles. The van der Waals surface area contributed by atoms with Gasteiger partial charge in [0.05, 0.1) is 20.8 Å². The van der Waals surface area contributed by atoms with Gasteiger partial charge in [-0.05, 0) is 59.9 Å². The Balaban J connectivity index is 1.37. The minimum atomic E-state index is 0.0779. The quantitative estimate of drug-likeness (QED) is 0.793. The number of methoxy groups -OCH3 is 2. The lowest BCUT2D eigenvalue weighted by molar-refractivity contribution is -0.123. The molecule has 1 aliphatic heterocycles. The van der Waals surface area contributed by atoms with E-state index in [1.165, 1.54) is 23.3 Å². The van der Waals surface area contributed by atoms with E-state index in [9.17, 15) is 4.79 Å². The van der Waals surface area contributed by atoms with Crippen LogP contribution in [0, 0.1) is 5.92 Å². The monoisotopic (exact) mass is 386 g/mol. The van der Waals surface area contributed by atoms with Crippen molar-refractivity contribution in [2.45, 2.75) is 31.8 Å². The molecule has 4 rings (SSSR count). The molecule has 0 unspecified atom stereocenters. The lowest BCUT2D eigenvalue weighted by Gasteiger charge is -2.35. The molecule has 2 aliphatic rings. The summed E-state index contributed by atoms with van der Waals surface area (Å²) >= 11 is 1.86. The highest BCUT2D eigenvalue weighted by atomic mass is 32.1. The molecule has 1 amide bonds. The number of rotatable bonds is 7. The SMILES string of the molecule is COc1ccc(CNC(=O)CN2CCc3sccc3[C@H]2C2CC2)cc1OC. The Morgan fingerprint density at radius 3 is 2.78 bits per heavy atom. The molecule has 0 spiro atoms. The van der Waals surface area contributed by atoms with Gasteiger partial charge in [0.25, 0.3) is 0 Å². The summed E-state index contributed by atoms with van der Waals surface area (Å²) in [5, 5.41) is 5.25. The molecule has 1 aliphatic carbocycles. The van der Waals surface area contributed by atoms with Crippen LogP contribution in [0.25, 0.3) is 0 Å². The number of benzene rings is 1. The van der Waals surface area contributed by atoms with Crippen LogP contribution in [0.15, 0.2) is 29.6 Å². The van der Waals surface area contributed by atoms with Crippen LogP contribution in [-0.4, -0.2) is 38.1 Å². The second-order valence-electron chi connectivity index (χ2n) is 7.27. The molecule has 1 aromatic heterocycles. The summed E-state index contributed by atoms with van der Waals surface area (Å²) in [6, 6.07) is 8.41. The molecule has 1 aromatic carbocycles. The van der Waals surface area contributed by atoms with Crippen LogP contribution in [0.4, 0.5) is 0 Å². The van der Waals surface area contributed by atoms with Gasteiger partial charge < -0.3 is 14.8 Å². The molecular formula is C21H26N2O3S. The van der Waals surface area contributed by atoms with Gasteiger partial charge in [-0.2, -0.15) is 0 Å². The normalized spacial score (nSPS) is 19.4. The largest absolute Gasteiger partial charge is 0.493 e. The van der Waals surface area contributed by atoms with E-state index in [0.29, 0.717) is 30.6 Å². The van der Waals surface area contributed by atoms with Gasteiger partial charge in [0.15, 0.2) is 11.5 Å². The smallest absolute Gasteiger partial charge is 0.234 e. The Hall–Kier alpha value is -2.05. The van der Waals surface area contributed by atoms with Crippen LogP contribution in [0.2, 0.25) is 0 Å². The van der Waals surface area contributed by atoms with Crippen molar-refractivity contribution in [2.24, 2.45) is 5.92 Å². The van der Waals surface area contributed by atoms with Gasteiger partial charge in [0.1, 0.15) is 0 Å². The Morgan fingerprint density at radius 1 is 1.22 bits per heavy atom. The van der Waals surface area contributed by atoms with E-state index < -0.39 is 0 Å². The number of nitrogens with zero attached hydrogens (tertiary/aromatic N) is 1. The van der Waals surface area contributed by atoms with Gasteiger partial charge in [0, 0.05) is 24.0 Å². The Kier molecular flexibility index (Phi) is 5.36. The van der Waals surface area contributed by atoms with E-state index in [1.807, 2.05) is 29.5 Å². The van der Waals surface area contributed by atoms with Gasteiger partial charge in [-0.15, -0.1) is 11.3 Å². The van der Waals surface area contributed by atoms with Crippen molar-refractivity contribution in [2.75, 3.05) is 27.3 Å². The van der Waals surface area contributed by atoms with E-state index in [0.717, 1.165) is 24.4 Å². The molecular weight excluding hydrogens is 360 g/mol. The first kappa shape index (κ1) is 18.3. The van der Waals surface area contributed by atoms with Crippen LogP contribution < -0.4 is 14.8 Å². The fourth-order valence-electron chi connectivity index (χ4n) is 3.97. The highest BCUT2D eigenvalue weighted by molar-refractivity contribution is 7.10. The summed E-state index contributed by atoms with van der Waals surface area (Å²) in [6.07, 6.45) is 3.62. The third-order valence-corrected chi connectivity index (χ3v) is 6.47. The summed E-state index contributed by atoms with van der Waals surface area (Å²) < 4.78 is 10.6. The summed E-state index contributed by atoms with van der Waals surface area (Å²) in [5.41, 5.74) is 2.46. The average molecular weight is 387 g/mol. The number of hydrogen-bond donors (Lipinski definition) is 1. The maximum absolute atomic E-state index is 12.6. The fraction of sp³-hybridized carbons (Fsp3) is 0.476. The summed E-state index contributed by atoms with van der Waals surface area (Å²) in [4.78, 5) is 16.5. The third kappa shape index (κ3) is 3.96. The molecule has 27 heavy (non-hydrogen) atoms. The molecule has 1 fully saturated rings. The standard InChI is InChI=1S/C21H26N2O3S/c1-25-17-6-3-14(11-18(17)26-2)12-22-20(24)13-23-9-7-19-16(8-10-27-19)21(23)15-4-5-15/h3,6,8,10-11,15,21H,4-5,7,9,12-13H2,1-2H3,(H,22,24)/t21-/m1/s1. The molecule has 0 bridgehead atoms. The predicted molar refractivity (Wildman–Crippen MR) is 106 cm³/mol. The molecule has 0 saturated heterocycles. The van der Waals surface area contributed by atoms with E-state index >= 15 is 0 Å².